The van der Waals surface area contributed by atoms with E-state index in [-0.39, 0.29) is 5.91 Å². The molecule has 0 aliphatic heterocycles. The van der Waals surface area contributed by atoms with Gasteiger partial charge < -0.3 is 5.32 Å². The Labute approximate surface area is 139 Å². The first kappa shape index (κ1) is 15.4. The molecule has 4 nitrogen and oxygen atoms in total. The third-order valence-corrected chi connectivity index (χ3v) is 4.26. The van der Waals surface area contributed by atoms with Crippen molar-refractivity contribution in [3.8, 4) is 10.7 Å². The van der Waals surface area contributed by atoms with E-state index in [2.05, 4.69) is 15.3 Å². The molecule has 1 amide bonds. The Bertz CT molecular complexity index is 756. The fraction of sp³-hybridized carbons (Fsp3) is 0.167. The number of pyridine rings is 1. The van der Waals surface area contributed by atoms with E-state index in [1.54, 1.807) is 17.5 Å². The maximum absolute atomic E-state index is 11.9. The van der Waals surface area contributed by atoms with E-state index in [0.29, 0.717) is 13.0 Å². The van der Waals surface area contributed by atoms with Gasteiger partial charge in [0.2, 0.25) is 5.91 Å². The van der Waals surface area contributed by atoms with Crippen LogP contribution in [0.25, 0.3) is 10.7 Å². The first-order chi connectivity index (χ1) is 11.3. The summed E-state index contributed by atoms with van der Waals surface area (Å²) in [6, 6.07) is 15.5. The number of benzene rings is 1. The molecule has 0 atom stereocenters. The van der Waals surface area contributed by atoms with E-state index in [1.165, 1.54) is 0 Å². The molecule has 1 N–H and O–H groups in total. The maximum Gasteiger partial charge on any atom is 0.224 e. The summed E-state index contributed by atoms with van der Waals surface area (Å²) in [7, 11) is 0. The molecule has 2 aromatic heterocycles. The molecule has 3 aromatic rings. The summed E-state index contributed by atoms with van der Waals surface area (Å²) in [4.78, 5) is 20.8. The normalized spacial score (nSPS) is 10.4. The second-order valence-electron chi connectivity index (χ2n) is 5.12. The summed E-state index contributed by atoms with van der Waals surface area (Å²) in [5.41, 5.74) is 2.89. The van der Waals surface area contributed by atoms with Crippen LogP contribution in [0.4, 0.5) is 0 Å². The third-order valence-electron chi connectivity index (χ3n) is 3.35. The highest BCUT2D eigenvalue weighted by Crippen LogP contribution is 2.21. The minimum absolute atomic E-state index is 0.0383. The quantitative estimate of drug-likeness (QED) is 0.758. The van der Waals surface area contributed by atoms with Gasteiger partial charge in [0.25, 0.3) is 0 Å². The molecule has 0 saturated carbocycles. The van der Waals surface area contributed by atoms with Crippen LogP contribution < -0.4 is 5.32 Å². The van der Waals surface area contributed by atoms with Gasteiger partial charge in [0, 0.05) is 24.5 Å². The van der Waals surface area contributed by atoms with E-state index >= 15 is 0 Å². The Balaban J connectivity index is 1.48. The van der Waals surface area contributed by atoms with Crippen LogP contribution in [0.5, 0.6) is 0 Å². The molecule has 116 valence electrons. The zero-order valence-electron chi connectivity index (χ0n) is 12.6. The number of nitrogens with one attached hydrogen (secondary N) is 1. The SMILES string of the molecule is O=C(Cc1ccccc1)NCCc1csc(-c2ccccn2)n1. The third kappa shape index (κ3) is 4.47. The highest BCUT2D eigenvalue weighted by Gasteiger charge is 2.06. The molecule has 0 saturated heterocycles. The highest BCUT2D eigenvalue weighted by molar-refractivity contribution is 7.13. The van der Waals surface area contributed by atoms with Crippen molar-refractivity contribution in [1.29, 1.82) is 0 Å². The van der Waals surface area contributed by atoms with Crippen molar-refractivity contribution in [2.45, 2.75) is 12.8 Å². The van der Waals surface area contributed by atoms with Crippen LogP contribution in [0.15, 0.2) is 60.1 Å². The largest absolute Gasteiger partial charge is 0.355 e. The standard InChI is InChI=1S/C18H17N3OS/c22-17(12-14-6-2-1-3-7-14)20-11-9-15-13-23-18(21-15)16-8-4-5-10-19-16/h1-8,10,13H,9,11-12H2,(H,20,22). The number of rotatable bonds is 6. The Morgan fingerprint density at radius 3 is 2.70 bits per heavy atom. The maximum atomic E-state index is 11.9. The first-order valence-electron chi connectivity index (χ1n) is 7.48. The Morgan fingerprint density at radius 1 is 1.09 bits per heavy atom. The lowest BCUT2D eigenvalue weighted by molar-refractivity contribution is -0.120. The zero-order valence-corrected chi connectivity index (χ0v) is 13.4. The molecule has 1 aromatic carbocycles. The monoisotopic (exact) mass is 323 g/mol. The van der Waals surface area contributed by atoms with Gasteiger partial charge in [0.15, 0.2) is 0 Å². The van der Waals surface area contributed by atoms with Gasteiger partial charge in [0.1, 0.15) is 5.01 Å². The smallest absolute Gasteiger partial charge is 0.224 e. The summed E-state index contributed by atoms with van der Waals surface area (Å²) in [6.07, 6.45) is 2.90. The lowest BCUT2D eigenvalue weighted by Crippen LogP contribution is -2.27. The van der Waals surface area contributed by atoms with Crippen LogP contribution in [0, 0.1) is 0 Å². The fourth-order valence-corrected chi connectivity index (χ4v) is 3.03. The minimum Gasteiger partial charge on any atom is -0.355 e. The number of aromatic nitrogens is 2. The summed E-state index contributed by atoms with van der Waals surface area (Å²) in [5.74, 6) is 0.0383. The van der Waals surface area contributed by atoms with Gasteiger partial charge in [-0.15, -0.1) is 11.3 Å². The predicted octanol–water partition coefficient (Wildman–Crippen LogP) is 3.11. The topological polar surface area (TPSA) is 54.9 Å². The number of nitrogens with zero attached hydrogens (tertiary/aromatic N) is 2. The van der Waals surface area contributed by atoms with Crippen LogP contribution in [-0.4, -0.2) is 22.4 Å². The van der Waals surface area contributed by atoms with Crippen molar-refractivity contribution in [1.82, 2.24) is 15.3 Å². The molecule has 0 fully saturated rings. The van der Waals surface area contributed by atoms with E-state index in [9.17, 15) is 4.79 Å². The Morgan fingerprint density at radius 2 is 1.91 bits per heavy atom. The number of hydrogen-bond donors (Lipinski definition) is 1. The van der Waals surface area contributed by atoms with Crippen molar-refractivity contribution in [3.05, 3.63) is 71.4 Å². The van der Waals surface area contributed by atoms with E-state index < -0.39 is 0 Å². The van der Waals surface area contributed by atoms with Crippen LogP contribution in [0.2, 0.25) is 0 Å². The van der Waals surface area contributed by atoms with Crippen LogP contribution in [-0.2, 0) is 17.6 Å². The number of hydrogen-bond acceptors (Lipinski definition) is 4. The molecule has 0 spiro atoms. The summed E-state index contributed by atoms with van der Waals surface area (Å²) in [6.45, 7) is 0.594. The van der Waals surface area contributed by atoms with Crippen LogP contribution in [0.3, 0.4) is 0 Å². The van der Waals surface area contributed by atoms with Crippen molar-refractivity contribution in [2.24, 2.45) is 0 Å². The average Bonchev–Trinajstić information content (AvgIpc) is 3.05. The lowest BCUT2D eigenvalue weighted by atomic mass is 10.1. The number of thiazole rings is 1. The van der Waals surface area contributed by atoms with Crippen molar-refractivity contribution in [3.63, 3.8) is 0 Å². The van der Waals surface area contributed by atoms with Gasteiger partial charge in [-0.05, 0) is 17.7 Å². The van der Waals surface area contributed by atoms with E-state index in [0.717, 1.165) is 28.4 Å². The molecule has 3 rings (SSSR count). The van der Waals surface area contributed by atoms with Crippen molar-refractivity contribution in [2.75, 3.05) is 6.54 Å². The molecule has 0 bridgehead atoms. The molecule has 5 heteroatoms. The predicted molar refractivity (Wildman–Crippen MR) is 92.2 cm³/mol. The lowest BCUT2D eigenvalue weighted by Gasteiger charge is -2.04. The Hall–Kier alpha value is -2.53. The van der Waals surface area contributed by atoms with E-state index in [4.69, 9.17) is 0 Å². The molecular formula is C18H17N3OS. The fourth-order valence-electron chi connectivity index (χ4n) is 2.20. The zero-order chi connectivity index (χ0) is 15.9. The number of amides is 1. The van der Waals surface area contributed by atoms with E-state index in [1.807, 2.05) is 53.9 Å². The van der Waals surface area contributed by atoms with Crippen molar-refractivity contribution >= 4 is 17.2 Å². The average molecular weight is 323 g/mol. The van der Waals surface area contributed by atoms with Gasteiger partial charge in [-0.3, -0.25) is 9.78 Å². The van der Waals surface area contributed by atoms with Crippen LogP contribution in [0.1, 0.15) is 11.3 Å². The van der Waals surface area contributed by atoms with Gasteiger partial charge >= 0.3 is 0 Å². The van der Waals surface area contributed by atoms with Gasteiger partial charge in [-0.2, -0.15) is 0 Å². The number of carbonyl (C=O) groups is 1. The molecule has 2 heterocycles. The minimum atomic E-state index is 0.0383. The second-order valence-corrected chi connectivity index (χ2v) is 5.98. The van der Waals surface area contributed by atoms with Gasteiger partial charge in [-0.1, -0.05) is 36.4 Å². The van der Waals surface area contributed by atoms with Gasteiger partial charge in [0.05, 0.1) is 17.8 Å². The molecule has 0 aliphatic carbocycles. The van der Waals surface area contributed by atoms with Gasteiger partial charge in [-0.25, -0.2) is 4.98 Å². The number of carbonyl (C=O) groups excluding carboxylic acids is 1. The Kier molecular flexibility index (Phi) is 5.11. The van der Waals surface area contributed by atoms with Crippen LogP contribution >= 0.6 is 11.3 Å². The molecule has 0 aliphatic rings. The molecule has 0 unspecified atom stereocenters. The summed E-state index contributed by atoms with van der Waals surface area (Å²) in [5, 5.41) is 5.87. The second kappa shape index (κ2) is 7.65. The summed E-state index contributed by atoms with van der Waals surface area (Å²) >= 11 is 1.58. The molecule has 0 radical (unpaired) electrons. The molecule has 23 heavy (non-hydrogen) atoms. The molecular weight excluding hydrogens is 306 g/mol. The summed E-state index contributed by atoms with van der Waals surface area (Å²) < 4.78 is 0. The highest BCUT2D eigenvalue weighted by atomic mass is 32.1. The van der Waals surface area contributed by atoms with Crippen molar-refractivity contribution < 1.29 is 4.79 Å². The first-order valence-corrected chi connectivity index (χ1v) is 8.35.